The van der Waals surface area contributed by atoms with Crippen molar-refractivity contribution < 1.29 is 28.6 Å². The van der Waals surface area contributed by atoms with Gasteiger partial charge in [-0.1, -0.05) is 282 Å². The van der Waals surface area contributed by atoms with Gasteiger partial charge in [0.1, 0.15) is 13.2 Å². The fraction of sp³-hybridized carbons (Fsp3) is 0.862. The smallest absolute Gasteiger partial charge is 0.306 e. The van der Waals surface area contributed by atoms with Crippen LogP contribution in [0.3, 0.4) is 0 Å². The van der Waals surface area contributed by atoms with Crippen LogP contribution in [0.5, 0.6) is 0 Å². The molecule has 0 aromatic rings. The topological polar surface area (TPSA) is 78.9 Å². The highest BCUT2D eigenvalue weighted by molar-refractivity contribution is 5.71. The predicted molar refractivity (Wildman–Crippen MR) is 307 cm³/mol. The van der Waals surface area contributed by atoms with Crippen molar-refractivity contribution in [3.05, 3.63) is 36.5 Å². The Balaban J connectivity index is 4.07. The van der Waals surface area contributed by atoms with Crippen molar-refractivity contribution in [3.63, 3.8) is 0 Å². The summed E-state index contributed by atoms with van der Waals surface area (Å²) in [6, 6.07) is 0. The molecule has 6 heteroatoms. The Hall–Kier alpha value is -2.37. The lowest BCUT2D eigenvalue weighted by atomic mass is 10.0. The number of allylic oxidation sites excluding steroid dienone is 6. The van der Waals surface area contributed by atoms with Crippen LogP contribution in [0.1, 0.15) is 342 Å². The van der Waals surface area contributed by atoms with Crippen LogP contribution in [0.2, 0.25) is 0 Å². The third-order valence-corrected chi connectivity index (χ3v) is 14.1. The zero-order chi connectivity index (χ0) is 51.4. The summed E-state index contributed by atoms with van der Waals surface area (Å²) in [5, 5.41) is 0. The highest BCUT2D eigenvalue weighted by Gasteiger charge is 2.19. The van der Waals surface area contributed by atoms with Crippen molar-refractivity contribution in [2.75, 3.05) is 13.2 Å². The van der Waals surface area contributed by atoms with Gasteiger partial charge in [0.05, 0.1) is 0 Å². The van der Waals surface area contributed by atoms with Crippen LogP contribution in [0.4, 0.5) is 0 Å². The lowest BCUT2D eigenvalue weighted by Crippen LogP contribution is -2.30. The second-order valence-electron chi connectivity index (χ2n) is 21.3. The third-order valence-electron chi connectivity index (χ3n) is 14.1. The number of unbranched alkanes of at least 4 members (excludes halogenated alkanes) is 41. The molecule has 71 heavy (non-hydrogen) atoms. The molecule has 0 aromatic heterocycles. The first-order valence-corrected chi connectivity index (χ1v) is 31.5. The van der Waals surface area contributed by atoms with E-state index < -0.39 is 6.10 Å². The number of hydrogen-bond acceptors (Lipinski definition) is 6. The van der Waals surface area contributed by atoms with E-state index in [2.05, 4.69) is 57.2 Å². The van der Waals surface area contributed by atoms with Gasteiger partial charge in [-0.15, -0.1) is 0 Å². The average molecular weight is 998 g/mol. The van der Waals surface area contributed by atoms with Crippen LogP contribution >= 0.6 is 0 Å². The maximum atomic E-state index is 12.8. The summed E-state index contributed by atoms with van der Waals surface area (Å²) in [7, 11) is 0. The van der Waals surface area contributed by atoms with Gasteiger partial charge < -0.3 is 14.2 Å². The lowest BCUT2D eigenvalue weighted by molar-refractivity contribution is -0.167. The monoisotopic (exact) mass is 997 g/mol. The Bertz CT molecular complexity index is 1190. The molecule has 1 unspecified atom stereocenters. The van der Waals surface area contributed by atoms with Crippen LogP contribution in [-0.2, 0) is 28.6 Å². The van der Waals surface area contributed by atoms with Gasteiger partial charge >= 0.3 is 17.9 Å². The molecule has 0 N–H and O–H groups in total. The van der Waals surface area contributed by atoms with Gasteiger partial charge in [-0.25, -0.2) is 0 Å². The Labute approximate surface area is 442 Å². The van der Waals surface area contributed by atoms with Crippen molar-refractivity contribution in [3.8, 4) is 0 Å². The number of ether oxygens (including phenoxy) is 3. The first kappa shape index (κ1) is 68.6. The van der Waals surface area contributed by atoms with E-state index in [0.717, 1.165) is 83.5 Å². The maximum absolute atomic E-state index is 12.8. The molecule has 416 valence electrons. The molecule has 0 fully saturated rings. The molecular weight excluding hydrogens is 877 g/mol. The van der Waals surface area contributed by atoms with E-state index in [0.29, 0.717) is 19.3 Å². The first-order valence-electron chi connectivity index (χ1n) is 31.5. The highest BCUT2D eigenvalue weighted by Crippen LogP contribution is 2.17. The summed E-state index contributed by atoms with van der Waals surface area (Å²) in [5.74, 6) is -0.874. The SMILES string of the molecule is CCCCCC/C=C\C/C=C\CCCCCCCC(=O)OC(COC(=O)CCCCCCCCCC)COC(=O)CCCCCCCCCCCCCCCCCCC/C=C\CCCCCCCCCC. The summed E-state index contributed by atoms with van der Waals surface area (Å²) in [5.41, 5.74) is 0. The zero-order valence-electron chi connectivity index (χ0n) is 47.8. The molecule has 0 spiro atoms. The van der Waals surface area contributed by atoms with E-state index in [-0.39, 0.29) is 31.1 Å². The molecule has 6 nitrogen and oxygen atoms in total. The van der Waals surface area contributed by atoms with Crippen molar-refractivity contribution in [1.82, 2.24) is 0 Å². The number of rotatable bonds is 58. The standard InChI is InChI=1S/C65H120O6/c1-4-7-10-13-16-19-21-23-25-27-28-29-30-31-32-33-34-35-36-37-38-39-41-42-44-46-49-52-55-58-64(67)70-61-62(60-69-63(66)57-54-51-48-18-15-12-9-6-3)71-65(68)59-56-53-50-47-45-43-40-26-24-22-20-17-14-11-8-5-2/h20,22,26-28,40,62H,4-19,21,23-25,29-39,41-61H2,1-3H3/b22-20-,28-27-,40-26-. The molecule has 0 aliphatic carbocycles. The lowest BCUT2D eigenvalue weighted by Gasteiger charge is -2.18. The second-order valence-corrected chi connectivity index (χ2v) is 21.3. The minimum atomic E-state index is -0.775. The molecule has 0 amide bonds. The normalized spacial score (nSPS) is 12.2. The van der Waals surface area contributed by atoms with E-state index in [1.54, 1.807) is 0 Å². The van der Waals surface area contributed by atoms with E-state index >= 15 is 0 Å². The molecule has 0 saturated heterocycles. The van der Waals surface area contributed by atoms with Gasteiger partial charge in [0.25, 0.3) is 0 Å². The molecular formula is C65H120O6. The molecule has 0 radical (unpaired) electrons. The van der Waals surface area contributed by atoms with Crippen molar-refractivity contribution in [1.29, 1.82) is 0 Å². The van der Waals surface area contributed by atoms with Gasteiger partial charge in [0.2, 0.25) is 0 Å². The van der Waals surface area contributed by atoms with Crippen LogP contribution in [0.15, 0.2) is 36.5 Å². The van der Waals surface area contributed by atoms with Crippen molar-refractivity contribution in [2.45, 2.75) is 348 Å². The average Bonchev–Trinajstić information content (AvgIpc) is 3.37. The number of carbonyl (C=O) groups excluding carboxylic acids is 3. The van der Waals surface area contributed by atoms with Gasteiger partial charge in [-0.05, 0) is 77.0 Å². The van der Waals surface area contributed by atoms with Crippen LogP contribution in [0, 0.1) is 0 Å². The second kappa shape index (κ2) is 60.2. The zero-order valence-corrected chi connectivity index (χ0v) is 47.8. The Morgan fingerprint density at radius 3 is 0.803 bits per heavy atom. The van der Waals surface area contributed by atoms with Gasteiger partial charge in [0.15, 0.2) is 6.10 Å². The largest absolute Gasteiger partial charge is 0.462 e. The minimum Gasteiger partial charge on any atom is -0.462 e. The number of hydrogen-bond donors (Lipinski definition) is 0. The quantitative estimate of drug-likeness (QED) is 0.0261. The van der Waals surface area contributed by atoms with Crippen molar-refractivity contribution >= 4 is 17.9 Å². The number of esters is 3. The molecule has 1 atom stereocenters. The summed E-state index contributed by atoms with van der Waals surface area (Å²) in [6.07, 6.45) is 73.2. The van der Waals surface area contributed by atoms with Crippen LogP contribution in [0.25, 0.3) is 0 Å². The Morgan fingerprint density at radius 1 is 0.282 bits per heavy atom. The van der Waals surface area contributed by atoms with Gasteiger partial charge in [-0.2, -0.15) is 0 Å². The fourth-order valence-electron chi connectivity index (χ4n) is 9.35. The molecule has 0 bridgehead atoms. The van der Waals surface area contributed by atoms with Gasteiger partial charge in [-0.3, -0.25) is 14.4 Å². The molecule has 0 heterocycles. The van der Waals surface area contributed by atoms with Gasteiger partial charge in [0, 0.05) is 19.3 Å². The minimum absolute atomic E-state index is 0.0738. The Kier molecular flexibility index (Phi) is 58.2. The fourth-order valence-corrected chi connectivity index (χ4v) is 9.35. The summed E-state index contributed by atoms with van der Waals surface area (Å²) in [6.45, 7) is 6.62. The Morgan fingerprint density at radius 2 is 0.507 bits per heavy atom. The van der Waals surface area contributed by atoms with Crippen molar-refractivity contribution in [2.24, 2.45) is 0 Å². The molecule has 0 saturated carbocycles. The predicted octanol–water partition coefficient (Wildman–Crippen LogP) is 21.2. The first-order chi connectivity index (χ1) is 35.0. The molecule has 0 aliphatic rings. The van der Waals surface area contributed by atoms with Crippen LogP contribution < -0.4 is 0 Å². The maximum Gasteiger partial charge on any atom is 0.306 e. The van der Waals surface area contributed by atoms with E-state index in [1.165, 1.54) is 218 Å². The van der Waals surface area contributed by atoms with E-state index in [9.17, 15) is 14.4 Å². The number of carbonyl (C=O) groups is 3. The summed E-state index contributed by atoms with van der Waals surface area (Å²) in [4.78, 5) is 38.0. The molecule has 0 rings (SSSR count). The molecule has 0 aromatic carbocycles. The van der Waals surface area contributed by atoms with E-state index in [4.69, 9.17) is 14.2 Å². The summed E-state index contributed by atoms with van der Waals surface area (Å²) < 4.78 is 16.8. The van der Waals surface area contributed by atoms with E-state index in [1.807, 2.05) is 0 Å². The van der Waals surface area contributed by atoms with Crippen LogP contribution in [-0.4, -0.2) is 37.2 Å². The summed E-state index contributed by atoms with van der Waals surface area (Å²) >= 11 is 0. The highest BCUT2D eigenvalue weighted by atomic mass is 16.6. The molecule has 0 aliphatic heterocycles. The third kappa shape index (κ3) is 58.4.